The number of aromatic nitrogens is 2. The molecule has 3 heterocycles. The molecule has 41 heavy (non-hydrogen) atoms. The second-order valence-corrected chi connectivity index (χ2v) is 10.4. The minimum absolute atomic E-state index is 0.653. The Morgan fingerprint density at radius 3 is 2.27 bits per heavy atom. The van der Waals surface area contributed by atoms with Gasteiger partial charge in [-0.3, -0.25) is 4.98 Å². The van der Waals surface area contributed by atoms with Crippen LogP contribution >= 0.6 is 0 Å². The summed E-state index contributed by atoms with van der Waals surface area (Å²) >= 11 is 0. The fraction of sp³-hybridized carbons (Fsp3) is 0.0270. The van der Waals surface area contributed by atoms with Gasteiger partial charge in [-0.2, -0.15) is 5.26 Å². The zero-order valence-electron chi connectivity index (χ0n) is 22.3. The maximum atomic E-state index is 9.60. The molecule has 8 aromatic rings. The van der Waals surface area contributed by atoms with Crippen molar-refractivity contribution in [3.63, 3.8) is 0 Å². The van der Waals surface area contributed by atoms with Crippen LogP contribution in [-0.4, -0.2) is 9.55 Å². The lowest BCUT2D eigenvalue weighted by molar-refractivity contribution is 0.669. The number of benzene rings is 5. The lowest BCUT2D eigenvalue weighted by atomic mass is 9.93. The van der Waals surface area contributed by atoms with E-state index in [-0.39, 0.29) is 0 Å². The molecule has 0 aliphatic carbocycles. The van der Waals surface area contributed by atoms with E-state index in [9.17, 15) is 5.26 Å². The topological polar surface area (TPSA) is 54.8 Å². The molecule has 3 aromatic heterocycles. The summed E-state index contributed by atoms with van der Waals surface area (Å²) in [4.78, 5) is 4.74. The van der Waals surface area contributed by atoms with Crippen molar-refractivity contribution in [3.05, 3.63) is 133 Å². The first-order valence-corrected chi connectivity index (χ1v) is 13.6. The van der Waals surface area contributed by atoms with Gasteiger partial charge in [0.15, 0.2) is 0 Å². The molecule has 0 radical (unpaired) electrons. The van der Waals surface area contributed by atoms with Gasteiger partial charge in [0, 0.05) is 39.0 Å². The summed E-state index contributed by atoms with van der Waals surface area (Å²) < 4.78 is 8.43. The highest BCUT2D eigenvalue weighted by Crippen LogP contribution is 2.40. The summed E-state index contributed by atoms with van der Waals surface area (Å²) in [6.07, 6.45) is 1.84. The molecular weight excluding hydrogens is 502 g/mol. The van der Waals surface area contributed by atoms with Gasteiger partial charge >= 0.3 is 0 Å². The number of nitriles is 1. The van der Waals surface area contributed by atoms with E-state index < -0.39 is 0 Å². The highest BCUT2D eigenvalue weighted by molar-refractivity contribution is 6.10. The van der Waals surface area contributed by atoms with Crippen molar-refractivity contribution >= 4 is 43.7 Å². The molecule has 192 valence electrons. The predicted octanol–water partition coefficient (Wildman–Crippen LogP) is 9.59. The van der Waals surface area contributed by atoms with Crippen molar-refractivity contribution in [3.8, 4) is 34.1 Å². The largest absolute Gasteiger partial charge is 0.456 e. The van der Waals surface area contributed by atoms with Crippen LogP contribution in [0.15, 0.2) is 126 Å². The summed E-state index contributed by atoms with van der Waals surface area (Å²) in [5.74, 6) is 0. The molecule has 0 amide bonds. The Labute approximate surface area is 236 Å². The molecule has 0 saturated carbocycles. The molecule has 0 spiro atoms. The first-order valence-electron chi connectivity index (χ1n) is 13.6. The zero-order chi connectivity index (χ0) is 27.5. The highest BCUT2D eigenvalue weighted by atomic mass is 16.3. The number of fused-ring (bicyclic) bond motifs is 6. The van der Waals surface area contributed by atoms with E-state index in [4.69, 9.17) is 9.40 Å². The van der Waals surface area contributed by atoms with Crippen LogP contribution in [0.1, 0.15) is 11.1 Å². The minimum Gasteiger partial charge on any atom is -0.456 e. The molecule has 4 heteroatoms. The number of furan rings is 1. The molecule has 0 aliphatic rings. The van der Waals surface area contributed by atoms with Crippen LogP contribution in [0, 0.1) is 18.3 Å². The van der Waals surface area contributed by atoms with Crippen molar-refractivity contribution < 1.29 is 4.42 Å². The van der Waals surface area contributed by atoms with Crippen molar-refractivity contribution in [1.29, 1.82) is 5.26 Å². The van der Waals surface area contributed by atoms with E-state index in [0.717, 1.165) is 77.4 Å². The Kier molecular flexibility index (Phi) is 5.07. The quantitative estimate of drug-likeness (QED) is 0.231. The molecule has 0 bridgehead atoms. The van der Waals surface area contributed by atoms with Crippen molar-refractivity contribution in [2.24, 2.45) is 0 Å². The molecule has 5 aromatic carbocycles. The van der Waals surface area contributed by atoms with Crippen LogP contribution in [0.4, 0.5) is 0 Å². The van der Waals surface area contributed by atoms with Gasteiger partial charge in [-0.15, -0.1) is 0 Å². The Hall–Kier alpha value is -5.66. The summed E-state index contributed by atoms with van der Waals surface area (Å²) in [6.45, 7) is 2.17. The second kappa shape index (κ2) is 8.94. The van der Waals surface area contributed by atoms with Crippen LogP contribution in [0.5, 0.6) is 0 Å². The first-order chi connectivity index (χ1) is 20.2. The molecule has 0 N–H and O–H groups in total. The van der Waals surface area contributed by atoms with Gasteiger partial charge < -0.3 is 8.98 Å². The van der Waals surface area contributed by atoms with Gasteiger partial charge in [-0.25, -0.2) is 0 Å². The third kappa shape index (κ3) is 3.57. The summed E-state index contributed by atoms with van der Waals surface area (Å²) in [6, 6.07) is 41.8. The van der Waals surface area contributed by atoms with Crippen molar-refractivity contribution in [2.75, 3.05) is 0 Å². The average Bonchev–Trinajstić information content (AvgIpc) is 3.56. The molecule has 8 rings (SSSR count). The lowest BCUT2D eigenvalue weighted by Gasteiger charge is -2.17. The zero-order valence-corrected chi connectivity index (χ0v) is 22.3. The van der Waals surface area contributed by atoms with Gasteiger partial charge in [0.05, 0.1) is 28.4 Å². The smallest absolute Gasteiger partial charge is 0.135 e. The third-order valence-electron chi connectivity index (χ3n) is 8.08. The SMILES string of the molecule is Cc1c(-c2ccc3oc4ccccc4c3c2)cc(-n2c3ccccc3c3cc(C#N)ccc32)cc1-c1ccccn1. The summed E-state index contributed by atoms with van der Waals surface area (Å²) in [7, 11) is 0. The third-order valence-corrected chi connectivity index (χ3v) is 8.08. The number of nitrogens with zero attached hydrogens (tertiary/aromatic N) is 3. The van der Waals surface area contributed by atoms with Gasteiger partial charge in [0.2, 0.25) is 0 Å². The van der Waals surface area contributed by atoms with Crippen LogP contribution in [0.2, 0.25) is 0 Å². The van der Waals surface area contributed by atoms with Crippen LogP contribution in [-0.2, 0) is 0 Å². The molecular formula is C37H23N3O. The average molecular weight is 526 g/mol. The van der Waals surface area contributed by atoms with E-state index >= 15 is 0 Å². The number of hydrogen-bond donors (Lipinski definition) is 0. The van der Waals surface area contributed by atoms with E-state index in [1.165, 1.54) is 0 Å². The van der Waals surface area contributed by atoms with Gasteiger partial charge in [-0.05, 0) is 90.3 Å². The summed E-state index contributed by atoms with van der Waals surface area (Å²) in [5.41, 5.74) is 11.0. The summed E-state index contributed by atoms with van der Waals surface area (Å²) in [5, 5.41) is 14.0. The van der Waals surface area contributed by atoms with E-state index in [0.29, 0.717) is 5.56 Å². The number of rotatable bonds is 3. The molecule has 0 saturated heterocycles. The minimum atomic E-state index is 0.653. The number of pyridine rings is 1. The molecule has 4 nitrogen and oxygen atoms in total. The molecule has 0 atom stereocenters. The second-order valence-electron chi connectivity index (χ2n) is 10.4. The number of hydrogen-bond acceptors (Lipinski definition) is 3. The van der Waals surface area contributed by atoms with Crippen LogP contribution < -0.4 is 0 Å². The molecule has 0 unspecified atom stereocenters. The van der Waals surface area contributed by atoms with Crippen molar-refractivity contribution in [2.45, 2.75) is 6.92 Å². The lowest BCUT2D eigenvalue weighted by Crippen LogP contribution is -1.99. The maximum Gasteiger partial charge on any atom is 0.135 e. The standard InChI is InChI=1S/C37H23N3O/c1-23-29(25-14-16-37-32(19-25)28-9-3-5-12-36(28)41-37)20-26(21-30(23)33-10-6-7-17-39-33)40-34-11-4-2-8-27(34)31-18-24(22-38)13-15-35(31)40/h2-21H,1H3. The first kappa shape index (κ1) is 23.2. The Morgan fingerprint density at radius 2 is 1.41 bits per heavy atom. The van der Waals surface area contributed by atoms with E-state index in [2.05, 4.69) is 96.4 Å². The fourth-order valence-electron chi connectivity index (χ4n) is 6.13. The van der Waals surface area contributed by atoms with E-state index in [1.54, 1.807) is 0 Å². The van der Waals surface area contributed by atoms with Gasteiger partial charge in [0.25, 0.3) is 0 Å². The fourth-order valence-corrected chi connectivity index (χ4v) is 6.13. The van der Waals surface area contributed by atoms with E-state index in [1.807, 2.05) is 42.6 Å². The number of para-hydroxylation sites is 2. The highest BCUT2D eigenvalue weighted by Gasteiger charge is 2.18. The Balaban J connectivity index is 1.45. The normalized spacial score (nSPS) is 11.5. The maximum absolute atomic E-state index is 9.60. The van der Waals surface area contributed by atoms with Gasteiger partial charge in [0.1, 0.15) is 11.2 Å². The monoisotopic (exact) mass is 525 g/mol. The van der Waals surface area contributed by atoms with Crippen LogP contribution in [0.3, 0.4) is 0 Å². The Bertz CT molecular complexity index is 2340. The molecule has 0 fully saturated rings. The molecule has 0 aliphatic heterocycles. The Morgan fingerprint density at radius 1 is 0.659 bits per heavy atom. The van der Waals surface area contributed by atoms with Crippen molar-refractivity contribution in [1.82, 2.24) is 9.55 Å². The van der Waals surface area contributed by atoms with Crippen LogP contribution in [0.25, 0.3) is 71.8 Å². The predicted molar refractivity (Wildman–Crippen MR) is 166 cm³/mol. The van der Waals surface area contributed by atoms with Gasteiger partial charge in [-0.1, -0.05) is 48.5 Å².